The van der Waals surface area contributed by atoms with E-state index >= 15 is 4.39 Å². The number of carbonyl (C=O) groups is 1. The third-order valence-electron chi connectivity index (χ3n) is 9.20. The van der Waals surface area contributed by atoms with Crippen LogP contribution < -0.4 is 26.0 Å². The fraction of sp³-hybridized carbons (Fsp3) is 0.343. The molecule has 1 amide bonds. The molecule has 1 spiro atoms. The summed E-state index contributed by atoms with van der Waals surface area (Å²) in [6, 6.07) is 16.6. The summed E-state index contributed by atoms with van der Waals surface area (Å²) < 4.78 is 21.3. The average Bonchev–Trinajstić information content (AvgIpc) is 3.45. The minimum Gasteiger partial charge on any atom is -0.481 e. The number of hydrogen-bond acceptors (Lipinski definition) is 8. The molecule has 2 aromatic carbocycles. The van der Waals surface area contributed by atoms with Crippen molar-refractivity contribution in [3.05, 3.63) is 87.8 Å². The fourth-order valence-electron chi connectivity index (χ4n) is 6.68. The first-order valence-electron chi connectivity index (χ1n) is 15.8. The van der Waals surface area contributed by atoms with Crippen LogP contribution in [0.2, 0.25) is 10.0 Å². The summed E-state index contributed by atoms with van der Waals surface area (Å²) in [6.45, 7) is 5.84. The van der Waals surface area contributed by atoms with E-state index < -0.39 is 0 Å². The molecule has 7 rings (SSSR count). The number of benzene rings is 2. The van der Waals surface area contributed by atoms with Crippen LogP contribution in [0, 0.1) is 11.2 Å². The molecule has 1 atom stereocenters. The predicted molar refractivity (Wildman–Crippen MR) is 183 cm³/mol. The first kappa shape index (κ1) is 31.8. The Bertz CT molecular complexity index is 1810. The molecule has 12 heteroatoms. The number of nitrogens with zero attached hydrogens (tertiary/aromatic N) is 3. The summed E-state index contributed by atoms with van der Waals surface area (Å²) in [7, 11) is 1.58. The number of hydrogen-bond donors (Lipinski definition) is 4. The lowest BCUT2D eigenvalue weighted by Gasteiger charge is -2.56. The van der Waals surface area contributed by atoms with Crippen LogP contribution in [0.5, 0.6) is 5.88 Å². The van der Waals surface area contributed by atoms with Crippen LogP contribution in [0.4, 0.5) is 15.8 Å². The number of aromatic nitrogens is 2. The van der Waals surface area contributed by atoms with Crippen molar-refractivity contribution >= 4 is 40.5 Å². The molecule has 47 heavy (non-hydrogen) atoms. The summed E-state index contributed by atoms with van der Waals surface area (Å²) >= 11 is 13.9. The monoisotopic (exact) mass is 675 g/mol. The van der Waals surface area contributed by atoms with Gasteiger partial charge in [-0.05, 0) is 30.7 Å². The first-order valence-corrected chi connectivity index (χ1v) is 16.5. The number of rotatable bonds is 11. The quantitative estimate of drug-likeness (QED) is 0.159. The van der Waals surface area contributed by atoms with E-state index in [1.54, 1.807) is 31.5 Å². The Hall–Kier alpha value is -3.80. The molecule has 3 aliphatic heterocycles. The van der Waals surface area contributed by atoms with Gasteiger partial charge in [0.1, 0.15) is 0 Å². The summed E-state index contributed by atoms with van der Waals surface area (Å²) in [4.78, 5) is 23.1. The van der Waals surface area contributed by atoms with Gasteiger partial charge in [0.2, 0.25) is 11.8 Å². The molecule has 244 valence electrons. The normalized spacial score (nSPS) is 18.5. The number of methoxy groups -OCH3 is 1. The van der Waals surface area contributed by atoms with Gasteiger partial charge in [-0.2, -0.15) is 0 Å². The van der Waals surface area contributed by atoms with Gasteiger partial charge in [-0.25, -0.2) is 9.37 Å². The van der Waals surface area contributed by atoms with Crippen molar-refractivity contribution in [1.29, 1.82) is 0 Å². The second-order valence-electron chi connectivity index (χ2n) is 12.6. The number of halogens is 3. The lowest BCUT2D eigenvalue weighted by atomic mass is 9.74. The predicted octanol–water partition coefficient (Wildman–Crippen LogP) is 5.78. The van der Waals surface area contributed by atoms with E-state index in [9.17, 15) is 4.79 Å². The number of anilines is 2. The van der Waals surface area contributed by atoms with Crippen molar-refractivity contribution < 1.29 is 13.9 Å². The Kier molecular flexibility index (Phi) is 9.04. The smallest absolute Gasteiger partial charge is 0.220 e. The maximum atomic E-state index is 15.7. The Labute approximate surface area is 283 Å². The number of ether oxygens (including phenoxy) is 1. The van der Waals surface area contributed by atoms with Crippen molar-refractivity contribution in [2.75, 3.05) is 45.2 Å². The minimum atomic E-state index is -0.288. The third-order valence-corrected chi connectivity index (χ3v) is 9.99. The zero-order valence-electron chi connectivity index (χ0n) is 26.0. The summed E-state index contributed by atoms with van der Waals surface area (Å²) in [5.41, 5.74) is 5.18. The Morgan fingerprint density at radius 3 is 2.57 bits per heavy atom. The van der Waals surface area contributed by atoms with E-state index in [1.165, 1.54) is 0 Å². The molecule has 4 aromatic rings. The fourth-order valence-corrected chi connectivity index (χ4v) is 7.26. The molecule has 0 unspecified atom stereocenters. The first-order chi connectivity index (χ1) is 22.8. The van der Waals surface area contributed by atoms with Crippen molar-refractivity contribution in [3.63, 3.8) is 0 Å². The van der Waals surface area contributed by atoms with Crippen LogP contribution in [-0.2, 0) is 17.9 Å². The van der Waals surface area contributed by atoms with Crippen LogP contribution in [0.3, 0.4) is 0 Å². The molecule has 0 saturated carbocycles. The van der Waals surface area contributed by atoms with Crippen LogP contribution in [0.1, 0.15) is 24.0 Å². The topological polar surface area (TPSA) is 103 Å². The lowest BCUT2D eigenvalue weighted by molar-refractivity contribution is -0.119. The van der Waals surface area contributed by atoms with E-state index in [1.807, 2.05) is 36.4 Å². The van der Waals surface area contributed by atoms with Gasteiger partial charge in [-0.1, -0.05) is 53.5 Å². The zero-order chi connectivity index (χ0) is 32.5. The highest BCUT2D eigenvalue weighted by Crippen LogP contribution is 2.41. The highest BCUT2D eigenvalue weighted by Gasteiger charge is 2.47. The second-order valence-corrected chi connectivity index (χ2v) is 13.4. The molecular weight excluding hydrogens is 640 g/mol. The molecule has 3 aliphatic rings. The molecule has 0 bridgehead atoms. The molecule has 5 heterocycles. The molecule has 0 aliphatic carbocycles. The van der Waals surface area contributed by atoms with E-state index in [0.717, 1.165) is 38.2 Å². The van der Waals surface area contributed by atoms with E-state index in [4.69, 9.17) is 32.9 Å². The van der Waals surface area contributed by atoms with Gasteiger partial charge in [-0.15, -0.1) is 0 Å². The van der Waals surface area contributed by atoms with Gasteiger partial charge >= 0.3 is 0 Å². The van der Waals surface area contributed by atoms with Gasteiger partial charge in [0.05, 0.1) is 39.9 Å². The van der Waals surface area contributed by atoms with Gasteiger partial charge < -0.3 is 26.0 Å². The molecule has 3 fully saturated rings. The Balaban J connectivity index is 1.08. The van der Waals surface area contributed by atoms with Crippen LogP contribution >= 0.6 is 23.2 Å². The summed E-state index contributed by atoms with van der Waals surface area (Å²) in [5.74, 6) is 0.278. The SMILES string of the molecule is COc1nc(-c2ccnc(-c3cccc(Nc4cccc(CN5CC6(CNC6)C5)c4F)c3Cl)c2Cl)ccc1CNC[C@@H]1CCC(=O)N1. The highest BCUT2D eigenvalue weighted by atomic mass is 35.5. The van der Waals surface area contributed by atoms with Crippen molar-refractivity contribution in [2.24, 2.45) is 5.41 Å². The molecule has 4 N–H and O–H groups in total. The lowest BCUT2D eigenvalue weighted by Crippen LogP contribution is -2.70. The third kappa shape index (κ3) is 6.53. The Morgan fingerprint density at radius 2 is 1.83 bits per heavy atom. The largest absolute Gasteiger partial charge is 0.481 e. The number of amides is 1. The number of pyridine rings is 2. The van der Waals surface area contributed by atoms with E-state index in [-0.39, 0.29) is 17.8 Å². The molecule has 0 radical (unpaired) electrons. The average molecular weight is 677 g/mol. The number of likely N-dealkylation sites (tertiary alicyclic amines) is 1. The molecule has 3 saturated heterocycles. The summed E-state index contributed by atoms with van der Waals surface area (Å²) in [6.07, 6.45) is 3.06. The van der Waals surface area contributed by atoms with E-state index in [2.05, 4.69) is 31.2 Å². The second kappa shape index (κ2) is 13.4. The maximum absolute atomic E-state index is 15.7. The Morgan fingerprint density at radius 1 is 1.02 bits per heavy atom. The summed E-state index contributed by atoms with van der Waals surface area (Å²) in [5, 5.41) is 13.6. The number of nitrogens with one attached hydrogen (secondary N) is 4. The van der Waals surface area contributed by atoms with Crippen LogP contribution in [0.15, 0.2) is 60.8 Å². The molecule has 2 aromatic heterocycles. The van der Waals surface area contributed by atoms with Gasteiger partial charge in [0, 0.05) is 92.1 Å². The maximum Gasteiger partial charge on any atom is 0.220 e. The van der Waals surface area contributed by atoms with E-state index in [0.29, 0.717) is 86.8 Å². The minimum absolute atomic E-state index is 0.0923. The van der Waals surface area contributed by atoms with Gasteiger partial charge in [0.25, 0.3) is 0 Å². The van der Waals surface area contributed by atoms with Crippen LogP contribution in [-0.4, -0.2) is 66.7 Å². The molecular formula is C35H36Cl2FN7O2. The highest BCUT2D eigenvalue weighted by molar-refractivity contribution is 6.39. The number of carbonyl (C=O) groups excluding carboxylic acids is 1. The standard InChI is InChI=1S/C35H36Cl2FN7O2/c1-47-34-21(14-39-15-23-9-11-29(46)42-23)8-10-26(44-34)24-12-13-41-33(31(24)37)25-5-3-6-27(30(25)36)43-28-7-2-4-22(32(28)38)16-45-19-35(20-45)17-40-18-35/h2-8,10,12-13,23,39-40,43H,9,11,14-20H2,1H3,(H,42,46)/t23-/m0/s1. The van der Waals surface area contributed by atoms with Gasteiger partial charge in [0.15, 0.2) is 5.82 Å². The van der Waals surface area contributed by atoms with Gasteiger partial charge in [-0.3, -0.25) is 14.7 Å². The van der Waals surface area contributed by atoms with Crippen LogP contribution in [0.25, 0.3) is 22.5 Å². The zero-order valence-corrected chi connectivity index (χ0v) is 27.5. The molecule has 9 nitrogen and oxygen atoms in total. The van der Waals surface area contributed by atoms with Crippen molar-refractivity contribution in [2.45, 2.75) is 32.0 Å². The van der Waals surface area contributed by atoms with Crippen molar-refractivity contribution in [1.82, 2.24) is 30.8 Å². The van der Waals surface area contributed by atoms with Crippen molar-refractivity contribution in [3.8, 4) is 28.4 Å².